The van der Waals surface area contributed by atoms with Crippen molar-refractivity contribution < 1.29 is 25.8 Å². The van der Waals surface area contributed by atoms with E-state index in [0.29, 0.717) is 11.5 Å². The first-order chi connectivity index (χ1) is 40.3. The van der Waals surface area contributed by atoms with Gasteiger partial charge in [0.2, 0.25) is 0 Å². The fourth-order valence-corrected chi connectivity index (χ4v) is 12.1. The fraction of sp³-hybridized carbons (Fsp3) is 0.250. The van der Waals surface area contributed by atoms with Crippen molar-refractivity contribution >= 4 is 44.6 Å². The summed E-state index contributed by atoms with van der Waals surface area (Å²) in [6, 6.07) is 78.3. The minimum Gasteiger partial charge on any atom is -0.509 e. The molecule has 0 aliphatic carbocycles. The fourth-order valence-electron chi connectivity index (χ4n) is 12.1. The molecule has 12 rings (SSSR count). The Kier molecular flexibility index (Phi) is 15.5. The van der Waals surface area contributed by atoms with Crippen LogP contribution < -0.4 is 14.5 Å². The Morgan fingerprint density at radius 3 is 1.65 bits per heavy atom. The Labute approximate surface area is 526 Å². The number of pyridine rings is 1. The van der Waals surface area contributed by atoms with Gasteiger partial charge in [0.1, 0.15) is 5.82 Å². The van der Waals surface area contributed by atoms with Crippen LogP contribution in [0.25, 0.3) is 72.1 Å². The van der Waals surface area contributed by atoms with Gasteiger partial charge in [-0.3, -0.25) is 0 Å². The van der Waals surface area contributed by atoms with Gasteiger partial charge in [-0.25, -0.2) is 4.98 Å². The van der Waals surface area contributed by atoms with E-state index in [1.807, 2.05) is 12.1 Å². The summed E-state index contributed by atoms with van der Waals surface area (Å²) in [5.41, 5.74) is 21.5. The summed E-state index contributed by atoms with van der Waals surface area (Å²) in [6.45, 7) is 36.6. The van der Waals surface area contributed by atoms with Crippen LogP contribution in [-0.4, -0.2) is 9.55 Å². The Bertz CT molecular complexity index is 4320. The Morgan fingerprint density at radius 2 is 0.977 bits per heavy atom. The second-order valence-corrected chi connectivity index (χ2v) is 28.3. The van der Waals surface area contributed by atoms with Gasteiger partial charge < -0.3 is 19.1 Å². The van der Waals surface area contributed by atoms with Gasteiger partial charge in [-0.2, -0.15) is 12.1 Å². The van der Waals surface area contributed by atoms with Crippen LogP contribution in [0.3, 0.4) is 0 Å². The van der Waals surface area contributed by atoms with E-state index in [4.69, 9.17) is 9.72 Å². The molecule has 0 radical (unpaired) electrons. The van der Waals surface area contributed by atoms with Crippen molar-refractivity contribution in [1.82, 2.24) is 9.55 Å². The zero-order valence-electron chi connectivity index (χ0n) is 52.6. The minimum atomic E-state index is -0.168. The smallest absolute Gasteiger partial charge is 0.135 e. The van der Waals surface area contributed by atoms with Crippen molar-refractivity contribution in [1.29, 1.82) is 0 Å². The number of nitrogens with zero attached hydrogens (tertiary/aromatic N) is 4. The van der Waals surface area contributed by atoms with Crippen molar-refractivity contribution in [2.45, 2.75) is 131 Å². The summed E-state index contributed by atoms with van der Waals surface area (Å²) in [4.78, 5) is 9.91. The maximum atomic E-state index is 6.87. The third-order valence-corrected chi connectivity index (χ3v) is 16.9. The summed E-state index contributed by atoms with van der Waals surface area (Å²) in [5, 5.41) is 2.20. The van der Waals surface area contributed by atoms with Gasteiger partial charge in [0, 0.05) is 78.0 Å². The number of hydrogen-bond acceptors (Lipinski definition) is 4. The van der Waals surface area contributed by atoms with Gasteiger partial charge in [0.25, 0.3) is 0 Å². The molecule has 3 heterocycles. The number of fused-ring (bicyclic) bond motifs is 4. The summed E-state index contributed by atoms with van der Waals surface area (Å²) in [6.07, 6.45) is 2.06. The first-order valence-electron chi connectivity index (χ1n) is 30.1. The Hall–Kier alpha value is -7.98. The molecular formula is C80H79N4OPt-3. The van der Waals surface area contributed by atoms with Crippen molar-refractivity contribution in [3.8, 4) is 61.8 Å². The van der Waals surface area contributed by atoms with Gasteiger partial charge in [0.05, 0.1) is 0 Å². The van der Waals surface area contributed by atoms with E-state index in [0.717, 1.165) is 67.1 Å². The largest absolute Gasteiger partial charge is 0.509 e. The molecular weight excluding hydrogens is 1230 g/mol. The normalized spacial score (nSPS) is 13.1. The summed E-state index contributed by atoms with van der Waals surface area (Å²) < 4.78 is 9.11. The van der Waals surface area contributed by atoms with Crippen LogP contribution in [0.4, 0.5) is 22.7 Å². The van der Waals surface area contributed by atoms with Crippen molar-refractivity contribution in [3.05, 3.63) is 247 Å². The third kappa shape index (κ3) is 11.5. The standard InChI is InChI=1S/C80H79N4O.Pt/c1-76(2,3)56-40-38-53(39-41-56)52-34-36-54(37-35-52)65-45-58(78(7,8)9)46-66(62-28-16-18-30-68(62)79(10,11)12)75(65)83-51-82(71-32-20-21-33-72(71)83)59-26-23-27-60(47-59)85-61-42-43-64-63-29-17-19-31-70(63)84(73(64)48-61)74-49-69(80(13,14)15)67(50-81-74)55-24-22-25-57(44-55)77(4,5)6;/h16-46,49-51H,1-15H3;/q-3;. The van der Waals surface area contributed by atoms with Crippen LogP contribution >= 0.6 is 0 Å². The van der Waals surface area contributed by atoms with E-state index in [2.05, 4.69) is 325 Å². The molecule has 86 heavy (non-hydrogen) atoms. The van der Waals surface area contributed by atoms with E-state index in [9.17, 15) is 0 Å². The molecule has 6 heteroatoms. The number of anilines is 4. The minimum absolute atomic E-state index is 0. The van der Waals surface area contributed by atoms with Gasteiger partial charge >= 0.3 is 0 Å². The van der Waals surface area contributed by atoms with E-state index < -0.39 is 0 Å². The van der Waals surface area contributed by atoms with E-state index in [1.165, 1.54) is 55.6 Å². The van der Waals surface area contributed by atoms with E-state index in [1.54, 1.807) is 0 Å². The summed E-state index contributed by atoms with van der Waals surface area (Å²) in [5.74, 6) is 2.00. The SMILES string of the molecule is CC(C)(C)c1ccc(-c2ccc(-c3cc(C(C)(C)C)cc(-c4ccccc4C(C)(C)C)c3N3[CH-]N(c4[c-]c(Oc5[c-]c6c(cc5)c5ccccc5n6-c5cc(C(C)(C)C)c(-c6cccc(C(C)(C)C)c6)cn5)ccc4)c4ccccc43)cc2)cc1.[Pt]. The van der Waals surface area contributed by atoms with Crippen LogP contribution in [0, 0.1) is 18.8 Å². The van der Waals surface area contributed by atoms with Gasteiger partial charge in [-0.15, -0.1) is 48.1 Å². The molecule has 1 aliphatic heterocycles. The topological polar surface area (TPSA) is 33.5 Å². The molecule has 9 aromatic carbocycles. The molecule has 0 N–H and O–H groups in total. The van der Waals surface area contributed by atoms with Crippen molar-refractivity contribution in [2.24, 2.45) is 0 Å². The number of para-hydroxylation sites is 3. The molecule has 11 aromatic rings. The van der Waals surface area contributed by atoms with E-state index in [-0.39, 0.29) is 48.1 Å². The molecule has 1 aliphatic rings. The van der Waals surface area contributed by atoms with Crippen LogP contribution in [-0.2, 0) is 48.1 Å². The average Bonchev–Trinajstić information content (AvgIpc) is 1.51. The zero-order chi connectivity index (χ0) is 60.0. The second kappa shape index (κ2) is 22.4. The molecule has 0 saturated heterocycles. The molecule has 0 unspecified atom stereocenters. The molecule has 0 amide bonds. The molecule has 0 spiro atoms. The number of hydrogen-bond donors (Lipinski definition) is 0. The first kappa shape index (κ1) is 59.7. The van der Waals surface area contributed by atoms with Crippen molar-refractivity contribution in [2.75, 3.05) is 9.80 Å². The molecule has 5 nitrogen and oxygen atoms in total. The Morgan fingerprint density at radius 1 is 0.395 bits per heavy atom. The number of benzene rings is 9. The predicted octanol–water partition coefficient (Wildman–Crippen LogP) is 22.1. The predicted molar refractivity (Wildman–Crippen MR) is 359 cm³/mol. The van der Waals surface area contributed by atoms with Crippen LogP contribution in [0.5, 0.6) is 11.5 Å². The average molecular weight is 1310 g/mol. The number of ether oxygens (including phenoxy) is 1. The monoisotopic (exact) mass is 1310 g/mol. The quantitative estimate of drug-likeness (QED) is 0.135. The van der Waals surface area contributed by atoms with Crippen molar-refractivity contribution in [3.63, 3.8) is 0 Å². The van der Waals surface area contributed by atoms with Crippen LogP contribution in [0.1, 0.15) is 132 Å². The molecule has 2 aromatic heterocycles. The maximum absolute atomic E-state index is 6.87. The van der Waals surface area contributed by atoms with Gasteiger partial charge in [-0.05, 0) is 124 Å². The third-order valence-electron chi connectivity index (χ3n) is 16.9. The van der Waals surface area contributed by atoms with Crippen LogP contribution in [0.15, 0.2) is 200 Å². The van der Waals surface area contributed by atoms with Crippen LogP contribution in [0.2, 0.25) is 0 Å². The molecule has 0 bridgehead atoms. The second-order valence-electron chi connectivity index (χ2n) is 28.3. The van der Waals surface area contributed by atoms with E-state index >= 15 is 0 Å². The maximum Gasteiger partial charge on any atom is 0.135 e. The first-order valence-corrected chi connectivity index (χ1v) is 30.1. The Balaban J connectivity index is 0.00000768. The number of aromatic nitrogens is 2. The van der Waals surface area contributed by atoms with Gasteiger partial charge in [0.15, 0.2) is 0 Å². The molecule has 0 saturated carbocycles. The molecule has 0 fully saturated rings. The summed E-state index contributed by atoms with van der Waals surface area (Å²) >= 11 is 0. The number of rotatable bonds is 9. The molecule has 0 atom stereocenters. The zero-order valence-corrected chi connectivity index (χ0v) is 54.9. The summed E-state index contributed by atoms with van der Waals surface area (Å²) in [7, 11) is 0. The van der Waals surface area contributed by atoms with Gasteiger partial charge in [-0.1, -0.05) is 237 Å². The molecule has 438 valence electrons.